The van der Waals surface area contributed by atoms with E-state index in [4.69, 9.17) is 27.9 Å². The van der Waals surface area contributed by atoms with Crippen LogP contribution in [0.15, 0.2) is 36.4 Å². The SMILES string of the molecule is COc1cccc(C(=O)NC(C)Cc2ccc(Cl)cc2Cl)c1OC(F)F. The third-order valence-electron chi connectivity index (χ3n) is 3.57. The van der Waals surface area contributed by atoms with Gasteiger partial charge in [0.2, 0.25) is 0 Å². The molecule has 0 aliphatic rings. The number of halogens is 4. The summed E-state index contributed by atoms with van der Waals surface area (Å²) in [5.74, 6) is -0.817. The molecule has 1 N–H and O–H groups in total. The summed E-state index contributed by atoms with van der Waals surface area (Å²) in [6.45, 7) is -1.31. The first-order chi connectivity index (χ1) is 12.3. The molecular weight excluding hydrogens is 387 g/mol. The van der Waals surface area contributed by atoms with Crippen LogP contribution in [0.2, 0.25) is 10.0 Å². The minimum Gasteiger partial charge on any atom is -0.493 e. The lowest BCUT2D eigenvalue weighted by molar-refractivity contribution is -0.0515. The second kappa shape index (κ2) is 9.05. The van der Waals surface area contributed by atoms with Crippen molar-refractivity contribution in [2.24, 2.45) is 0 Å². The molecule has 0 saturated carbocycles. The molecule has 1 amide bonds. The van der Waals surface area contributed by atoms with Gasteiger partial charge in [-0.1, -0.05) is 35.3 Å². The molecule has 0 radical (unpaired) electrons. The Bertz CT molecular complexity index is 787. The average molecular weight is 404 g/mol. The fraction of sp³-hybridized carbons (Fsp3) is 0.278. The van der Waals surface area contributed by atoms with E-state index >= 15 is 0 Å². The number of carbonyl (C=O) groups is 1. The number of hydrogen-bond donors (Lipinski definition) is 1. The number of para-hydroxylation sites is 1. The minimum atomic E-state index is -3.08. The van der Waals surface area contributed by atoms with Crippen LogP contribution in [-0.4, -0.2) is 25.7 Å². The van der Waals surface area contributed by atoms with E-state index in [0.717, 1.165) is 5.56 Å². The van der Waals surface area contributed by atoms with E-state index in [1.54, 1.807) is 25.1 Å². The quantitative estimate of drug-likeness (QED) is 0.710. The van der Waals surface area contributed by atoms with Crippen LogP contribution in [0.25, 0.3) is 0 Å². The van der Waals surface area contributed by atoms with Crippen LogP contribution in [0.3, 0.4) is 0 Å². The van der Waals surface area contributed by atoms with E-state index in [9.17, 15) is 13.6 Å². The highest BCUT2D eigenvalue weighted by molar-refractivity contribution is 6.35. The molecule has 1 atom stereocenters. The summed E-state index contributed by atoms with van der Waals surface area (Å²) < 4.78 is 34.8. The summed E-state index contributed by atoms with van der Waals surface area (Å²) in [5, 5.41) is 3.74. The molecule has 4 nitrogen and oxygen atoms in total. The first kappa shape index (κ1) is 20.3. The second-order valence-corrected chi connectivity index (χ2v) is 6.37. The van der Waals surface area contributed by atoms with Crippen LogP contribution in [0.4, 0.5) is 8.78 Å². The van der Waals surface area contributed by atoms with Crippen LogP contribution in [0.5, 0.6) is 11.5 Å². The molecule has 140 valence electrons. The Hall–Kier alpha value is -2.05. The van der Waals surface area contributed by atoms with Gasteiger partial charge in [-0.05, 0) is 43.2 Å². The molecule has 1 unspecified atom stereocenters. The van der Waals surface area contributed by atoms with Crippen LogP contribution in [-0.2, 0) is 6.42 Å². The summed E-state index contributed by atoms with van der Waals surface area (Å²) in [7, 11) is 1.31. The van der Waals surface area contributed by atoms with Gasteiger partial charge < -0.3 is 14.8 Å². The van der Waals surface area contributed by atoms with E-state index in [2.05, 4.69) is 10.1 Å². The van der Waals surface area contributed by atoms with E-state index in [1.807, 2.05) is 0 Å². The van der Waals surface area contributed by atoms with Crippen LogP contribution in [0.1, 0.15) is 22.8 Å². The van der Waals surface area contributed by atoms with Gasteiger partial charge in [0.25, 0.3) is 5.91 Å². The summed E-state index contributed by atoms with van der Waals surface area (Å²) in [6, 6.07) is 9.11. The fourth-order valence-corrected chi connectivity index (χ4v) is 2.92. The lowest BCUT2D eigenvalue weighted by Crippen LogP contribution is -2.34. The first-order valence-corrected chi connectivity index (χ1v) is 8.44. The molecular formula is C18H17Cl2F2NO3. The van der Waals surface area contributed by atoms with Crippen molar-refractivity contribution in [3.8, 4) is 11.5 Å². The maximum Gasteiger partial charge on any atom is 0.387 e. The fourth-order valence-electron chi connectivity index (χ4n) is 2.44. The highest BCUT2D eigenvalue weighted by atomic mass is 35.5. The number of rotatable bonds is 7. The summed E-state index contributed by atoms with van der Waals surface area (Å²) >= 11 is 12.0. The number of hydrogen-bond acceptors (Lipinski definition) is 3. The van der Waals surface area contributed by atoms with Crippen LogP contribution in [0, 0.1) is 0 Å². The third kappa shape index (κ3) is 5.22. The molecule has 26 heavy (non-hydrogen) atoms. The molecule has 0 aliphatic heterocycles. The number of ether oxygens (including phenoxy) is 2. The average Bonchev–Trinajstić information content (AvgIpc) is 2.57. The molecule has 8 heteroatoms. The minimum absolute atomic E-state index is 0.0429. The molecule has 0 aliphatic carbocycles. The van der Waals surface area contributed by atoms with Gasteiger partial charge in [-0.2, -0.15) is 8.78 Å². The van der Waals surface area contributed by atoms with E-state index in [1.165, 1.54) is 25.3 Å². The van der Waals surface area contributed by atoms with Gasteiger partial charge in [0.1, 0.15) is 0 Å². The van der Waals surface area contributed by atoms with Gasteiger partial charge in [0.05, 0.1) is 12.7 Å². The van der Waals surface area contributed by atoms with Crippen molar-refractivity contribution >= 4 is 29.1 Å². The normalized spacial score (nSPS) is 12.0. The molecule has 0 heterocycles. The van der Waals surface area contributed by atoms with E-state index in [-0.39, 0.29) is 23.1 Å². The van der Waals surface area contributed by atoms with Gasteiger partial charge in [-0.3, -0.25) is 4.79 Å². The van der Waals surface area contributed by atoms with Gasteiger partial charge in [-0.25, -0.2) is 0 Å². The molecule has 0 saturated heterocycles. The topological polar surface area (TPSA) is 47.6 Å². The molecule has 2 aromatic carbocycles. The zero-order valence-electron chi connectivity index (χ0n) is 14.1. The van der Waals surface area contributed by atoms with Gasteiger partial charge >= 0.3 is 6.61 Å². The summed E-state index contributed by atoms with van der Waals surface area (Å²) in [4.78, 5) is 12.5. The summed E-state index contributed by atoms with van der Waals surface area (Å²) in [6.07, 6.45) is 0.441. The van der Waals surface area contributed by atoms with Crippen molar-refractivity contribution in [3.05, 3.63) is 57.6 Å². The van der Waals surface area contributed by atoms with Gasteiger partial charge in [-0.15, -0.1) is 0 Å². The largest absolute Gasteiger partial charge is 0.493 e. The number of alkyl halides is 2. The number of methoxy groups -OCH3 is 1. The Morgan fingerprint density at radius 2 is 1.96 bits per heavy atom. The predicted octanol–water partition coefficient (Wildman–Crippen LogP) is 4.96. The standard InChI is InChI=1S/C18H17Cl2F2NO3/c1-10(8-11-6-7-12(19)9-14(11)20)23-17(24)13-4-3-5-15(25-2)16(13)26-18(21)22/h3-7,9-10,18H,8H2,1-2H3,(H,23,24). The molecule has 0 aromatic heterocycles. The maximum absolute atomic E-state index is 12.7. The van der Waals surface area contributed by atoms with E-state index in [0.29, 0.717) is 16.5 Å². The monoisotopic (exact) mass is 403 g/mol. The smallest absolute Gasteiger partial charge is 0.387 e. The third-order valence-corrected chi connectivity index (χ3v) is 4.16. The predicted molar refractivity (Wildman–Crippen MR) is 96.7 cm³/mol. The Morgan fingerprint density at radius 3 is 2.58 bits per heavy atom. The van der Waals surface area contributed by atoms with Crippen LogP contribution >= 0.6 is 23.2 Å². The molecule has 0 bridgehead atoms. The van der Waals surface area contributed by atoms with Crippen molar-refractivity contribution in [2.45, 2.75) is 26.0 Å². The van der Waals surface area contributed by atoms with E-state index < -0.39 is 12.5 Å². The Labute approximate surface area is 160 Å². The number of carbonyl (C=O) groups excluding carboxylic acids is 1. The Morgan fingerprint density at radius 1 is 1.23 bits per heavy atom. The van der Waals surface area contributed by atoms with Crippen LogP contribution < -0.4 is 14.8 Å². The molecule has 2 aromatic rings. The zero-order valence-corrected chi connectivity index (χ0v) is 15.6. The van der Waals surface area contributed by atoms with Crippen molar-refractivity contribution < 1.29 is 23.0 Å². The highest BCUT2D eigenvalue weighted by Crippen LogP contribution is 2.32. The number of nitrogens with one attached hydrogen (secondary N) is 1. The van der Waals surface area contributed by atoms with Crippen molar-refractivity contribution in [3.63, 3.8) is 0 Å². The highest BCUT2D eigenvalue weighted by Gasteiger charge is 2.21. The van der Waals surface area contributed by atoms with Crippen molar-refractivity contribution in [1.82, 2.24) is 5.32 Å². The number of benzene rings is 2. The molecule has 0 fully saturated rings. The summed E-state index contributed by atoms with van der Waals surface area (Å²) in [5.41, 5.74) is 0.761. The molecule has 2 rings (SSSR count). The number of amides is 1. The van der Waals surface area contributed by atoms with Crippen molar-refractivity contribution in [1.29, 1.82) is 0 Å². The second-order valence-electron chi connectivity index (χ2n) is 5.53. The molecule has 0 spiro atoms. The lowest BCUT2D eigenvalue weighted by atomic mass is 10.1. The lowest BCUT2D eigenvalue weighted by Gasteiger charge is -2.18. The zero-order chi connectivity index (χ0) is 19.3. The maximum atomic E-state index is 12.7. The van der Waals surface area contributed by atoms with Gasteiger partial charge in [0.15, 0.2) is 11.5 Å². The van der Waals surface area contributed by atoms with Crippen molar-refractivity contribution in [2.75, 3.05) is 7.11 Å². The first-order valence-electron chi connectivity index (χ1n) is 7.68. The Kier molecular flexibility index (Phi) is 7.06. The Balaban J connectivity index is 2.16. The van der Waals surface area contributed by atoms with Gasteiger partial charge in [0, 0.05) is 16.1 Å².